The van der Waals surface area contributed by atoms with Crippen LogP contribution in [0.3, 0.4) is 0 Å². The second kappa shape index (κ2) is 19.2. The number of aromatic nitrogens is 3. The number of imidazole rings is 1. The van der Waals surface area contributed by atoms with Crippen LogP contribution in [0.4, 0.5) is 0 Å². The Balaban J connectivity index is 0.000000313. The Labute approximate surface area is 423 Å². The van der Waals surface area contributed by atoms with Crippen molar-refractivity contribution in [1.29, 1.82) is 0 Å². The molecule has 0 unspecified atom stereocenters. The van der Waals surface area contributed by atoms with Crippen LogP contribution in [0.1, 0.15) is 36.0 Å². The molecule has 0 N–H and O–H groups in total. The van der Waals surface area contributed by atoms with Crippen molar-refractivity contribution in [2.45, 2.75) is 52.7 Å². The number of benzene rings is 8. The second-order valence-electron chi connectivity index (χ2n) is 19.1. The van der Waals surface area contributed by atoms with E-state index in [0.717, 1.165) is 87.5 Å². The van der Waals surface area contributed by atoms with Gasteiger partial charge < -0.3 is 9.55 Å². The molecular weight excluding hydrogens is 1040 g/mol. The van der Waals surface area contributed by atoms with Crippen LogP contribution in [-0.2, 0) is 25.5 Å². The standard InChI is InChI=1S/C48H37N2S.C14H16NSi.Ir/c1-31-22-24-32(25-23-31)35-26-27-37-38-18-13-19-39(46(38)51-44(37)28-35)47-49-42-20-11-12-21-43(42)50(47)45-40(33-14-7-5-8-15-33)29-36(48(2,3)4)30-41(45)34-16-9-6-10-17-34;1-16(2,3)13-9-10-14(15-11-13)12-7-5-4-6-8-12;/h5-18,20-30H,1-4H3;4-7,9-11H,1-3H3;/q2*-1;/i1D3;;. The predicted molar refractivity (Wildman–Crippen MR) is 289 cm³/mol. The number of hydrogen-bond acceptors (Lipinski definition) is 3. The van der Waals surface area contributed by atoms with Gasteiger partial charge in [-0.1, -0.05) is 178 Å². The van der Waals surface area contributed by atoms with Gasteiger partial charge >= 0.3 is 0 Å². The zero-order chi connectivity index (χ0) is 48.8. The number of nitrogens with zero attached hydrogens (tertiary/aromatic N) is 3. The summed E-state index contributed by atoms with van der Waals surface area (Å²) in [6, 6.07) is 71.5. The van der Waals surface area contributed by atoms with Gasteiger partial charge in [0.2, 0.25) is 0 Å². The maximum absolute atomic E-state index is 7.78. The van der Waals surface area contributed by atoms with Gasteiger partial charge in [-0.25, -0.2) is 0 Å². The van der Waals surface area contributed by atoms with E-state index in [4.69, 9.17) is 9.10 Å². The fraction of sp³-hybridized carbons (Fsp3) is 0.129. The van der Waals surface area contributed by atoms with Crippen LogP contribution in [0.2, 0.25) is 19.6 Å². The quantitative estimate of drug-likeness (QED) is 0.118. The molecule has 1 radical (unpaired) electrons. The van der Waals surface area contributed by atoms with Crippen LogP contribution in [0.15, 0.2) is 194 Å². The van der Waals surface area contributed by atoms with Crippen molar-refractivity contribution >= 4 is 55.8 Å². The average molecular weight is 1100 g/mol. The van der Waals surface area contributed by atoms with Crippen molar-refractivity contribution in [2.24, 2.45) is 0 Å². The topological polar surface area (TPSA) is 30.7 Å². The maximum atomic E-state index is 7.78. The van der Waals surface area contributed by atoms with Crippen LogP contribution < -0.4 is 5.19 Å². The summed E-state index contributed by atoms with van der Waals surface area (Å²) < 4.78 is 28.0. The first-order chi connectivity index (χ1) is 33.6. The van der Waals surface area contributed by atoms with Crippen molar-refractivity contribution in [3.8, 4) is 61.7 Å². The van der Waals surface area contributed by atoms with Crippen LogP contribution in [-0.4, -0.2) is 22.6 Å². The largest absolute Gasteiger partial charge is 0.332 e. The Morgan fingerprint density at radius 1 is 0.618 bits per heavy atom. The Kier molecular flexibility index (Phi) is 12.1. The smallest absolute Gasteiger partial charge is 0.0795 e. The summed E-state index contributed by atoms with van der Waals surface area (Å²) in [4.78, 5) is 9.92. The van der Waals surface area contributed by atoms with E-state index >= 15 is 0 Å². The maximum Gasteiger partial charge on any atom is 0.0795 e. The van der Waals surface area contributed by atoms with E-state index < -0.39 is 14.9 Å². The second-order valence-corrected chi connectivity index (χ2v) is 25.2. The zero-order valence-electron chi connectivity index (χ0n) is 42.1. The molecule has 68 heavy (non-hydrogen) atoms. The number of rotatable bonds is 7. The number of aryl methyl sites for hydroxylation is 1. The summed E-state index contributed by atoms with van der Waals surface area (Å²) in [7, 11) is -1.23. The Bertz CT molecular complexity index is 3570. The Morgan fingerprint density at radius 2 is 1.28 bits per heavy atom. The first kappa shape index (κ1) is 42.8. The van der Waals surface area contributed by atoms with Gasteiger partial charge in [-0.05, 0) is 91.4 Å². The molecule has 11 rings (SSSR count). The van der Waals surface area contributed by atoms with E-state index in [-0.39, 0.29) is 25.5 Å². The monoisotopic (exact) mass is 1100 g/mol. The van der Waals surface area contributed by atoms with Gasteiger partial charge in [-0.15, -0.1) is 54.1 Å². The van der Waals surface area contributed by atoms with Crippen molar-refractivity contribution in [3.05, 3.63) is 218 Å². The predicted octanol–water partition coefficient (Wildman–Crippen LogP) is 16.6. The van der Waals surface area contributed by atoms with Crippen molar-refractivity contribution in [2.75, 3.05) is 0 Å². The SMILES string of the molecule is C[Si](C)(C)c1ccc(-c2[c-]cccc2)nc1.[2H]C([2H])([2H])c1ccc(-c2ccc3c(c2)sc2c(-c4nc5ccccc5n4-c4c(-c5ccccc5)cc(C(C)(C)C)cc4-c4ccccc4)[c-]ccc23)cc1.[Ir]. The van der Waals surface area contributed by atoms with E-state index in [1.54, 1.807) is 23.5 Å². The van der Waals surface area contributed by atoms with E-state index in [0.29, 0.717) is 5.56 Å². The summed E-state index contributed by atoms with van der Waals surface area (Å²) >= 11 is 1.75. The van der Waals surface area contributed by atoms with Gasteiger partial charge in [0.25, 0.3) is 0 Å². The van der Waals surface area contributed by atoms with Crippen LogP contribution in [0.25, 0.3) is 92.9 Å². The van der Waals surface area contributed by atoms with Gasteiger partial charge in [-0.3, -0.25) is 4.98 Å². The summed E-state index contributed by atoms with van der Waals surface area (Å²) in [6.07, 6.45) is 2.02. The van der Waals surface area contributed by atoms with Crippen LogP contribution >= 0.6 is 11.3 Å². The van der Waals surface area contributed by atoms with E-state index in [9.17, 15) is 0 Å². The molecule has 337 valence electrons. The summed E-state index contributed by atoms with van der Waals surface area (Å²) in [5.74, 6) is 0.840. The van der Waals surface area contributed by atoms with E-state index in [2.05, 4.69) is 196 Å². The van der Waals surface area contributed by atoms with Gasteiger partial charge in [0.05, 0.1) is 30.6 Å². The summed E-state index contributed by atoms with van der Waals surface area (Å²) in [5.41, 5.74) is 14.2. The Hall–Kier alpha value is -6.53. The molecule has 0 aliphatic heterocycles. The molecule has 3 aromatic heterocycles. The first-order valence-corrected chi connectivity index (χ1v) is 27.1. The third kappa shape index (κ3) is 9.35. The molecule has 0 aliphatic rings. The van der Waals surface area contributed by atoms with Crippen LogP contribution in [0.5, 0.6) is 0 Å². The Morgan fingerprint density at radius 3 is 1.90 bits per heavy atom. The van der Waals surface area contributed by atoms with Crippen molar-refractivity contribution < 1.29 is 24.2 Å². The van der Waals surface area contributed by atoms with E-state index in [1.165, 1.54) is 16.1 Å². The molecule has 8 aromatic carbocycles. The number of hydrogen-bond donors (Lipinski definition) is 0. The minimum absolute atomic E-state index is 0. The number of thiophene rings is 1. The molecule has 6 heteroatoms. The molecule has 0 saturated carbocycles. The number of para-hydroxylation sites is 2. The zero-order valence-corrected chi connectivity index (χ0v) is 43.3. The van der Waals surface area contributed by atoms with Gasteiger partial charge in [0.15, 0.2) is 0 Å². The van der Waals surface area contributed by atoms with Crippen LogP contribution in [0, 0.1) is 19.0 Å². The molecule has 11 aromatic rings. The molecule has 0 saturated heterocycles. The normalized spacial score (nSPS) is 12.5. The molecule has 0 atom stereocenters. The molecule has 0 spiro atoms. The molecule has 0 aliphatic carbocycles. The molecule has 0 fully saturated rings. The summed E-state index contributed by atoms with van der Waals surface area (Å²) in [5, 5.41) is 3.72. The van der Waals surface area contributed by atoms with E-state index in [1.807, 2.05) is 48.7 Å². The number of fused-ring (bicyclic) bond motifs is 4. The molecule has 0 amide bonds. The first-order valence-electron chi connectivity index (χ1n) is 24.3. The number of pyridine rings is 1. The van der Waals surface area contributed by atoms with Gasteiger partial charge in [0.1, 0.15) is 0 Å². The van der Waals surface area contributed by atoms with Gasteiger partial charge in [-0.2, -0.15) is 11.3 Å². The fourth-order valence-electron chi connectivity index (χ4n) is 8.70. The molecule has 0 bridgehead atoms. The molecular formula is C62H53IrN3SSi-2. The average Bonchev–Trinajstić information content (AvgIpc) is 3.95. The van der Waals surface area contributed by atoms with Gasteiger partial charge in [0, 0.05) is 46.2 Å². The van der Waals surface area contributed by atoms with Crippen molar-refractivity contribution in [3.63, 3.8) is 0 Å². The fourth-order valence-corrected chi connectivity index (χ4v) is 11.0. The van der Waals surface area contributed by atoms with Crippen molar-refractivity contribution in [1.82, 2.24) is 14.5 Å². The third-order valence-electron chi connectivity index (χ3n) is 12.4. The minimum Gasteiger partial charge on any atom is -0.332 e. The molecule has 3 heterocycles. The third-order valence-corrected chi connectivity index (χ3v) is 15.6. The minimum atomic E-state index is -2.13. The summed E-state index contributed by atoms with van der Waals surface area (Å²) in [6.45, 7) is 11.7. The molecule has 3 nitrogen and oxygen atoms in total.